The average molecular weight is 450 g/mol. The van der Waals surface area contributed by atoms with E-state index in [1.807, 2.05) is 0 Å². The zero-order chi connectivity index (χ0) is 23.1. The smallest absolute Gasteiger partial charge is 0.257 e. The third-order valence-electron chi connectivity index (χ3n) is 5.74. The summed E-state index contributed by atoms with van der Waals surface area (Å²) in [5.41, 5.74) is 1.62. The highest BCUT2D eigenvalue weighted by molar-refractivity contribution is 6.03. The number of nitrogens with one attached hydrogen (secondary N) is 3. The second-order valence-electron chi connectivity index (χ2n) is 7.89. The van der Waals surface area contributed by atoms with Gasteiger partial charge in [-0.05, 0) is 29.8 Å². The fourth-order valence-corrected chi connectivity index (χ4v) is 3.99. The van der Waals surface area contributed by atoms with Gasteiger partial charge in [-0.25, -0.2) is 18.7 Å². The predicted molar refractivity (Wildman–Crippen MR) is 117 cm³/mol. The number of benzene rings is 2. The van der Waals surface area contributed by atoms with Crippen LogP contribution in [0.2, 0.25) is 0 Å². The number of carbonyl (C=O) groups is 2. The molecule has 8 nitrogen and oxygen atoms in total. The van der Waals surface area contributed by atoms with E-state index in [0.29, 0.717) is 24.5 Å². The van der Waals surface area contributed by atoms with Gasteiger partial charge in [0.25, 0.3) is 5.91 Å². The van der Waals surface area contributed by atoms with Gasteiger partial charge in [-0.3, -0.25) is 9.59 Å². The summed E-state index contributed by atoms with van der Waals surface area (Å²) in [6, 6.07) is 10.2. The zero-order valence-corrected chi connectivity index (χ0v) is 17.7. The Hall–Kier alpha value is -3.92. The second kappa shape index (κ2) is 8.21. The third-order valence-corrected chi connectivity index (χ3v) is 5.74. The molecule has 10 heteroatoms. The molecule has 2 aliphatic heterocycles. The number of fused-ring (bicyclic) bond motifs is 1. The Morgan fingerprint density at radius 1 is 1.03 bits per heavy atom. The SMILES string of the molecule is CN1CCNC(c2ccc(Nc3nc(-c4c(F)cccc4F)nc4c3C(=O)NC4)cc2)C1=O. The highest BCUT2D eigenvalue weighted by Crippen LogP contribution is 2.31. The van der Waals surface area contributed by atoms with E-state index in [9.17, 15) is 18.4 Å². The first-order valence-corrected chi connectivity index (χ1v) is 10.4. The number of amides is 2. The van der Waals surface area contributed by atoms with Crippen LogP contribution in [0.3, 0.4) is 0 Å². The van der Waals surface area contributed by atoms with E-state index < -0.39 is 17.7 Å². The van der Waals surface area contributed by atoms with Gasteiger partial charge in [0.15, 0.2) is 5.82 Å². The van der Waals surface area contributed by atoms with Crippen LogP contribution in [-0.4, -0.2) is 46.8 Å². The first kappa shape index (κ1) is 21.0. The topological polar surface area (TPSA) is 99.2 Å². The summed E-state index contributed by atoms with van der Waals surface area (Å²) in [7, 11) is 1.77. The van der Waals surface area contributed by atoms with Gasteiger partial charge in [-0.15, -0.1) is 0 Å². The number of likely N-dealkylation sites (N-methyl/N-ethyl adjacent to an activating group) is 1. The number of carbonyl (C=O) groups excluding carboxylic acids is 2. The number of halogens is 2. The number of hydrogen-bond donors (Lipinski definition) is 3. The van der Waals surface area contributed by atoms with Crippen molar-refractivity contribution in [3.63, 3.8) is 0 Å². The number of hydrogen-bond acceptors (Lipinski definition) is 6. The molecule has 0 spiro atoms. The average Bonchev–Trinajstić information content (AvgIpc) is 3.17. The molecule has 1 unspecified atom stereocenters. The molecular weight excluding hydrogens is 430 g/mol. The Bertz CT molecular complexity index is 1240. The first-order valence-electron chi connectivity index (χ1n) is 10.4. The van der Waals surface area contributed by atoms with Crippen molar-refractivity contribution in [3.8, 4) is 11.4 Å². The summed E-state index contributed by atoms with van der Waals surface area (Å²) < 4.78 is 28.7. The predicted octanol–water partition coefficient (Wildman–Crippen LogP) is 2.51. The van der Waals surface area contributed by atoms with E-state index in [2.05, 4.69) is 25.9 Å². The lowest BCUT2D eigenvalue weighted by molar-refractivity contribution is -0.134. The Morgan fingerprint density at radius 2 is 1.76 bits per heavy atom. The fraction of sp³-hybridized carbons (Fsp3) is 0.217. The summed E-state index contributed by atoms with van der Waals surface area (Å²) in [6.45, 7) is 1.49. The van der Waals surface area contributed by atoms with Crippen LogP contribution in [0.5, 0.6) is 0 Å². The van der Waals surface area contributed by atoms with Crippen molar-refractivity contribution >= 4 is 23.3 Å². The van der Waals surface area contributed by atoms with Crippen molar-refractivity contribution < 1.29 is 18.4 Å². The molecule has 2 aliphatic rings. The molecule has 1 aromatic heterocycles. The lowest BCUT2D eigenvalue weighted by Gasteiger charge is -2.30. The number of nitrogens with zero attached hydrogens (tertiary/aromatic N) is 3. The maximum atomic E-state index is 14.3. The van der Waals surface area contributed by atoms with Gasteiger partial charge >= 0.3 is 0 Å². The van der Waals surface area contributed by atoms with Crippen LogP contribution in [0, 0.1) is 11.6 Å². The van der Waals surface area contributed by atoms with E-state index in [4.69, 9.17) is 0 Å². The van der Waals surface area contributed by atoms with Crippen LogP contribution < -0.4 is 16.0 Å². The van der Waals surface area contributed by atoms with Crippen LogP contribution in [0.25, 0.3) is 11.4 Å². The van der Waals surface area contributed by atoms with Crippen LogP contribution in [0.1, 0.15) is 27.7 Å². The van der Waals surface area contributed by atoms with Crippen molar-refractivity contribution in [3.05, 3.63) is 70.9 Å². The summed E-state index contributed by atoms with van der Waals surface area (Å²) in [6.07, 6.45) is 0. The monoisotopic (exact) mass is 450 g/mol. The largest absolute Gasteiger partial charge is 0.346 e. The number of piperazine rings is 1. The third kappa shape index (κ3) is 3.78. The molecule has 168 valence electrons. The minimum Gasteiger partial charge on any atom is -0.346 e. The van der Waals surface area contributed by atoms with Crippen LogP contribution in [0.4, 0.5) is 20.3 Å². The first-order chi connectivity index (χ1) is 15.9. The van der Waals surface area contributed by atoms with Crippen molar-refractivity contribution in [1.82, 2.24) is 25.5 Å². The molecule has 1 atom stereocenters. The van der Waals surface area contributed by atoms with Crippen LogP contribution in [0.15, 0.2) is 42.5 Å². The standard InChI is InChI=1S/C23H20F2N6O2/c1-31-10-9-26-19(23(31)33)12-5-7-13(8-6-12)28-21-18-16(11-27-22(18)32)29-20(30-21)17-14(24)3-2-4-15(17)25/h2-8,19,26H,9-11H2,1H3,(H,27,32)(H,28,29,30). The van der Waals surface area contributed by atoms with Crippen molar-refractivity contribution in [2.75, 3.05) is 25.5 Å². The second-order valence-corrected chi connectivity index (χ2v) is 7.89. The molecule has 0 radical (unpaired) electrons. The molecule has 2 aromatic carbocycles. The van der Waals surface area contributed by atoms with Gasteiger partial charge in [-0.1, -0.05) is 18.2 Å². The molecule has 2 amide bonds. The molecule has 0 aliphatic carbocycles. The van der Waals surface area contributed by atoms with Gasteiger partial charge in [0.1, 0.15) is 29.1 Å². The Morgan fingerprint density at radius 3 is 2.48 bits per heavy atom. The summed E-state index contributed by atoms with van der Waals surface area (Å²) in [4.78, 5) is 35.0. The van der Waals surface area contributed by atoms with Gasteiger partial charge in [-0.2, -0.15) is 0 Å². The Balaban J connectivity index is 1.49. The zero-order valence-electron chi connectivity index (χ0n) is 17.7. The lowest BCUT2D eigenvalue weighted by Crippen LogP contribution is -2.48. The lowest BCUT2D eigenvalue weighted by atomic mass is 10.0. The fourth-order valence-electron chi connectivity index (χ4n) is 3.99. The van der Waals surface area contributed by atoms with Gasteiger partial charge in [0.05, 0.1) is 17.8 Å². The van der Waals surface area contributed by atoms with Crippen molar-refractivity contribution in [1.29, 1.82) is 0 Å². The number of rotatable bonds is 4. The van der Waals surface area contributed by atoms with Gasteiger partial charge in [0, 0.05) is 25.8 Å². The highest BCUT2D eigenvalue weighted by Gasteiger charge is 2.29. The molecule has 3 heterocycles. The van der Waals surface area contributed by atoms with Crippen molar-refractivity contribution in [2.45, 2.75) is 12.6 Å². The Kier molecular flexibility index (Phi) is 5.21. The van der Waals surface area contributed by atoms with Crippen LogP contribution >= 0.6 is 0 Å². The molecule has 33 heavy (non-hydrogen) atoms. The van der Waals surface area contributed by atoms with E-state index in [-0.39, 0.29) is 41.1 Å². The molecule has 0 saturated carbocycles. The van der Waals surface area contributed by atoms with Crippen LogP contribution in [-0.2, 0) is 11.3 Å². The highest BCUT2D eigenvalue weighted by atomic mass is 19.1. The summed E-state index contributed by atoms with van der Waals surface area (Å²) in [5, 5.41) is 8.93. The Labute approximate surface area is 188 Å². The molecular formula is C23H20F2N6O2. The van der Waals surface area contributed by atoms with E-state index in [1.54, 1.807) is 36.2 Å². The maximum Gasteiger partial charge on any atom is 0.257 e. The molecule has 0 bridgehead atoms. The normalized spacial score (nSPS) is 17.7. The molecule has 3 N–H and O–H groups in total. The molecule has 1 saturated heterocycles. The van der Waals surface area contributed by atoms with E-state index >= 15 is 0 Å². The van der Waals surface area contributed by atoms with E-state index in [0.717, 1.165) is 17.7 Å². The van der Waals surface area contributed by atoms with E-state index in [1.165, 1.54) is 6.07 Å². The number of anilines is 2. The maximum absolute atomic E-state index is 14.3. The minimum absolute atomic E-state index is 0.0104. The van der Waals surface area contributed by atoms with Gasteiger partial charge in [0.2, 0.25) is 5.91 Å². The minimum atomic E-state index is -0.794. The van der Waals surface area contributed by atoms with Crippen molar-refractivity contribution in [2.24, 2.45) is 0 Å². The quantitative estimate of drug-likeness (QED) is 0.565. The summed E-state index contributed by atoms with van der Waals surface area (Å²) >= 11 is 0. The summed E-state index contributed by atoms with van der Waals surface area (Å²) in [5.74, 6) is -1.98. The molecule has 3 aromatic rings. The molecule has 5 rings (SSSR count). The number of aromatic nitrogens is 2. The van der Waals surface area contributed by atoms with Gasteiger partial charge < -0.3 is 20.9 Å². The molecule has 1 fully saturated rings.